The Morgan fingerprint density at radius 2 is 0.400 bits per heavy atom. The van der Waals surface area contributed by atoms with Gasteiger partial charge in [0, 0.05) is 24.3 Å². The Kier molecular flexibility index (Phi) is 47.0. The standard InChI is InChI=1S/C27H68O6Si6.C26H66O5Si6.C21H52O4Si4/c1-25(38(15,30-34(3,4)5)31-35(6,7)8)19-17-21-27(23-28,24-29)22-18-20-26(2)39(16,32-36(9,10)11)33-37(12,13)14;1-24(36(15,23-32(3,4)5)29-33(6,7)8)17-19-26(21-27,22-28)20-18-25(2)37(16,30-34(9,10)11)31-35(12,13)14;1-19(28(9,10)24-26(3,4)5)13-15-21(17-22,18-23)16-14-20(2)29(11,12)25-27(6,7)8/h25-26,28-29H,17-24H2,1-16H3;24-25,27-28H,17-23H2,1-16H3;19-20,22-23H,13-18H2,1-12H3. The average molecular weight is 1770 g/mol. The molecule has 0 aliphatic heterocycles. The van der Waals surface area contributed by atoms with Crippen molar-refractivity contribution < 1.29 is 67.7 Å². The molecule has 0 heterocycles. The quantitative estimate of drug-likeness (QED) is 0.0314. The summed E-state index contributed by atoms with van der Waals surface area (Å²) in [4.78, 5) is 0. The topological polar surface area (TPSA) is 204 Å². The lowest BCUT2D eigenvalue weighted by Gasteiger charge is -2.44. The lowest BCUT2D eigenvalue weighted by molar-refractivity contribution is 0.0351. The van der Waals surface area contributed by atoms with Gasteiger partial charge in [0.05, 0.1) is 39.6 Å². The summed E-state index contributed by atoms with van der Waals surface area (Å²) in [7, 11) is -29.3. The van der Waals surface area contributed by atoms with Crippen LogP contribution in [0.15, 0.2) is 0 Å². The van der Waals surface area contributed by atoms with E-state index in [1.807, 2.05) is 0 Å². The summed E-state index contributed by atoms with van der Waals surface area (Å²) in [5, 5.41) is 62.3. The van der Waals surface area contributed by atoms with Crippen molar-refractivity contribution in [2.75, 3.05) is 39.6 Å². The lowest BCUT2D eigenvalue weighted by Crippen LogP contribution is -2.55. The molecule has 15 nitrogen and oxygen atoms in total. The third kappa shape index (κ3) is 49.0. The van der Waals surface area contributed by atoms with E-state index < -0.39 is 150 Å². The molecular formula is C74H186O15Si16. The van der Waals surface area contributed by atoms with Crippen molar-refractivity contribution in [3.8, 4) is 0 Å². The number of aliphatic hydroxyl groups is 6. The van der Waals surface area contributed by atoms with Crippen LogP contribution in [0.4, 0.5) is 0 Å². The predicted molar refractivity (Wildman–Crippen MR) is 500 cm³/mol. The molecule has 0 amide bonds. The van der Waals surface area contributed by atoms with E-state index >= 15 is 0 Å². The van der Waals surface area contributed by atoms with Crippen LogP contribution in [-0.2, 0) is 37.0 Å². The second-order valence-corrected chi connectivity index (χ2v) is 118. The Morgan fingerprint density at radius 3 is 0.590 bits per heavy atom. The zero-order chi connectivity index (χ0) is 84.2. The van der Waals surface area contributed by atoms with E-state index in [1.54, 1.807) is 0 Å². The van der Waals surface area contributed by atoms with Gasteiger partial charge in [-0.15, -0.1) is 0 Å². The summed E-state index contributed by atoms with van der Waals surface area (Å²) >= 11 is 0. The van der Waals surface area contributed by atoms with Crippen LogP contribution in [0.25, 0.3) is 0 Å². The SMILES string of the molecule is CC(CCC(CO)(CO)CCC(C)[Si](C)(C)O[Si](C)(C)C)[Si](C)(C)O[Si](C)(C)C.CC(CCC(CO)(CO)CCC(C)[Si](C)(O[Si](C)(C)C)O[Si](C)(C)C)[Si](C)(C[Si](C)(C)C)O[Si](C)(C)C.CC(CCCC(CO)(CO)CCCC(C)[Si](C)(O[Si](C)(C)C)O[Si](C)(C)C)[Si](C)(O[Si](C)(C)C)O[Si](C)(C)C. The minimum atomic E-state index is -2.42. The first-order valence-corrected chi connectivity index (χ1v) is 91.4. The van der Waals surface area contributed by atoms with Crippen LogP contribution in [0.3, 0.4) is 0 Å². The summed E-state index contributed by atoms with van der Waals surface area (Å²) in [6.45, 7) is 101. The molecule has 0 aromatic heterocycles. The second kappa shape index (κ2) is 44.1. The summed E-state index contributed by atoms with van der Waals surface area (Å²) in [6, 6.07) is 0. The molecule has 31 heteroatoms. The van der Waals surface area contributed by atoms with Crippen LogP contribution in [0.5, 0.6) is 0 Å². The average Bonchev–Trinajstić information content (AvgIpc) is 0.830. The van der Waals surface area contributed by atoms with Gasteiger partial charge in [-0.1, -0.05) is 93.3 Å². The Labute approximate surface area is 670 Å². The van der Waals surface area contributed by atoms with Crippen molar-refractivity contribution in [2.24, 2.45) is 16.2 Å². The molecule has 636 valence electrons. The first-order valence-electron chi connectivity index (χ1n) is 41.2. The highest BCUT2D eigenvalue weighted by Gasteiger charge is 2.50. The van der Waals surface area contributed by atoms with E-state index in [1.165, 1.54) is 5.67 Å². The summed E-state index contributed by atoms with van der Waals surface area (Å²) in [5.41, 5.74) is 2.46. The van der Waals surface area contributed by atoms with Gasteiger partial charge in [0.2, 0.25) is 0 Å². The molecule has 6 N–H and O–H groups in total. The van der Waals surface area contributed by atoms with Crippen LogP contribution in [0.1, 0.15) is 131 Å². The molecule has 0 saturated carbocycles. The van der Waals surface area contributed by atoms with Crippen LogP contribution < -0.4 is 0 Å². The van der Waals surface area contributed by atoms with Crippen molar-refractivity contribution >= 4 is 134 Å². The number of rotatable bonds is 52. The molecule has 7 unspecified atom stereocenters. The summed E-state index contributed by atoms with van der Waals surface area (Å²) < 4.78 is 60.8. The Balaban J connectivity index is -0.00000150. The van der Waals surface area contributed by atoms with Crippen molar-refractivity contribution in [1.29, 1.82) is 0 Å². The highest BCUT2D eigenvalue weighted by atomic mass is 28.5. The van der Waals surface area contributed by atoms with E-state index in [9.17, 15) is 30.6 Å². The zero-order valence-corrected chi connectivity index (χ0v) is 94.2. The van der Waals surface area contributed by atoms with Gasteiger partial charge in [-0.05, 0) is 326 Å². The molecule has 0 fully saturated rings. The van der Waals surface area contributed by atoms with Crippen molar-refractivity contribution in [2.45, 2.75) is 419 Å². The number of aliphatic hydroxyl groups excluding tert-OH is 6. The van der Waals surface area contributed by atoms with Crippen LogP contribution >= 0.6 is 0 Å². The van der Waals surface area contributed by atoms with E-state index in [0.29, 0.717) is 33.2 Å². The van der Waals surface area contributed by atoms with Gasteiger partial charge in [-0.3, -0.25) is 0 Å². The molecular weight excluding hydrogens is 1580 g/mol. The van der Waals surface area contributed by atoms with Gasteiger partial charge in [-0.2, -0.15) is 0 Å². The van der Waals surface area contributed by atoms with E-state index in [2.05, 4.69) is 290 Å². The molecule has 0 spiro atoms. The smallest absolute Gasteiger partial charge is 0.317 e. The molecule has 105 heavy (non-hydrogen) atoms. The van der Waals surface area contributed by atoms with Gasteiger partial charge in [0.1, 0.15) is 0 Å². The molecule has 0 aromatic carbocycles. The normalized spacial score (nSPS) is 17.1. The lowest BCUT2D eigenvalue weighted by atomic mass is 9.79. The minimum Gasteiger partial charge on any atom is -0.456 e. The van der Waals surface area contributed by atoms with Gasteiger partial charge >= 0.3 is 25.7 Å². The van der Waals surface area contributed by atoms with Crippen LogP contribution in [0, 0.1) is 16.2 Å². The van der Waals surface area contributed by atoms with E-state index in [4.69, 9.17) is 37.0 Å². The zero-order valence-electron chi connectivity index (χ0n) is 78.2. The van der Waals surface area contributed by atoms with Crippen LogP contribution in [-0.4, -0.2) is 204 Å². The fraction of sp³-hybridized carbons (Fsp3) is 1.00. The first-order chi connectivity index (χ1) is 46.2. The molecule has 0 rings (SSSR count). The molecule has 0 bridgehead atoms. The van der Waals surface area contributed by atoms with E-state index in [-0.39, 0.29) is 39.6 Å². The summed E-state index contributed by atoms with van der Waals surface area (Å²) in [5.74, 6) is 0. The van der Waals surface area contributed by atoms with Crippen molar-refractivity contribution in [3.05, 3.63) is 0 Å². The van der Waals surface area contributed by atoms with Gasteiger partial charge in [0.15, 0.2) is 99.8 Å². The van der Waals surface area contributed by atoms with Crippen molar-refractivity contribution in [1.82, 2.24) is 0 Å². The Bertz CT molecular complexity index is 2160. The fourth-order valence-corrected chi connectivity index (χ4v) is 86.7. The van der Waals surface area contributed by atoms with Gasteiger partial charge in [0.25, 0.3) is 0 Å². The molecule has 0 aliphatic carbocycles. The third-order valence-corrected chi connectivity index (χ3v) is 79.7. The van der Waals surface area contributed by atoms with E-state index in [0.717, 1.165) is 89.9 Å². The maximum atomic E-state index is 10.6. The molecule has 0 radical (unpaired) electrons. The Morgan fingerprint density at radius 1 is 0.219 bits per heavy atom. The molecule has 0 saturated heterocycles. The number of hydrogen-bond donors (Lipinski definition) is 6. The van der Waals surface area contributed by atoms with Gasteiger partial charge < -0.3 is 67.7 Å². The number of hydrogen-bond acceptors (Lipinski definition) is 15. The Hall–Kier alpha value is 2.87. The highest BCUT2D eigenvalue weighted by molar-refractivity contribution is 6.97. The van der Waals surface area contributed by atoms with Crippen LogP contribution in [0.2, 0.25) is 288 Å². The predicted octanol–water partition coefficient (Wildman–Crippen LogP) is 23.4. The third-order valence-electron chi connectivity index (χ3n) is 20.8. The first kappa shape index (κ1) is 112. The second-order valence-electron chi connectivity index (χ2n) is 45.0. The minimum absolute atomic E-state index is 0.0171. The molecule has 0 aromatic rings. The van der Waals surface area contributed by atoms with Gasteiger partial charge in [-0.25, -0.2) is 0 Å². The molecule has 0 aliphatic rings. The molecule has 7 atom stereocenters. The monoisotopic (exact) mass is 1760 g/mol. The maximum Gasteiger partial charge on any atom is 0.317 e. The highest BCUT2D eigenvalue weighted by Crippen LogP contribution is 2.46. The maximum absolute atomic E-state index is 10.6. The fourth-order valence-electron chi connectivity index (χ4n) is 15.1. The van der Waals surface area contributed by atoms with Crippen molar-refractivity contribution in [3.63, 3.8) is 0 Å². The largest absolute Gasteiger partial charge is 0.456 e. The summed E-state index contributed by atoms with van der Waals surface area (Å²) in [6.07, 6.45) is 12.8.